The van der Waals surface area contributed by atoms with Crippen molar-refractivity contribution in [1.29, 1.82) is 0 Å². The first kappa shape index (κ1) is 30.8. The number of aliphatic carboxylic acids is 1. The van der Waals surface area contributed by atoms with E-state index in [4.69, 9.17) is 0 Å². The second-order valence-corrected chi connectivity index (χ2v) is 10.7. The van der Waals surface area contributed by atoms with E-state index in [-0.39, 0.29) is 18.2 Å². The Bertz CT molecular complexity index is 1200. The van der Waals surface area contributed by atoms with Crippen LogP contribution in [0.4, 0.5) is 0 Å². The average Bonchev–Trinajstić information content (AvgIpc) is 2.94. The SMILES string of the molecule is CC(C)[C@H](NC(=O)CCc1ccc(-c2cccc([C@@H](C)O)c2)cc1)C(=O)N[C@@H](C)C(=O)N1CCC[C@@H](C(=O)O)N1. The van der Waals surface area contributed by atoms with E-state index in [0.717, 1.165) is 22.3 Å². The number of carbonyl (C=O) groups is 4. The molecule has 5 N–H and O–H groups in total. The second kappa shape index (κ2) is 14.0. The van der Waals surface area contributed by atoms with E-state index < -0.39 is 42.0 Å². The summed E-state index contributed by atoms with van der Waals surface area (Å²) in [6.07, 6.45) is 1.10. The van der Waals surface area contributed by atoms with Crippen LogP contribution in [0.25, 0.3) is 11.1 Å². The Kier molecular flexibility index (Phi) is 10.8. The summed E-state index contributed by atoms with van der Waals surface area (Å²) in [5.74, 6) is -2.43. The van der Waals surface area contributed by atoms with Crippen molar-refractivity contribution in [3.8, 4) is 11.1 Å². The van der Waals surface area contributed by atoms with Gasteiger partial charge in [-0.05, 0) is 67.3 Å². The van der Waals surface area contributed by atoms with Crippen LogP contribution < -0.4 is 16.1 Å². The van der Waals surface area contributed by atoms with E-state index in [1.807, 2.05) is 62.4 Å². The van der Waals surface area contributed by atoms with E-state index in [2.05, 4.69) is 16.1 Å². The first-order valence-electron chi connectivity index (χ1n) is 13.7. The maximum absolute atomic E-state index is 13.0. The van der Waals surface area contributed by atoms with Gasteiger partial charge in [0.2, 0.25) is 11.8 Å². The van der Waals surface area contributed by atoms with Gasteiger partial charge >= 0.3 is 5.97 Å². The fourth-order valence-electron chi connectivity index (χ4n) is 4.60. The highest BCUT2D eigenvalue weighted by atomic mass is 16.4. The standard InChI is InChI=1S/C30H40N4O6/c1-18(2)27(28(37)31-19(3)29(38)34-16-6-9-25(33-34)30(39)40)32-26(36)15-12-21-10-13-22(14-11-21)24-8-5-7-23(17-24)20(4)35/h5,7-8,10-11,13-14,17-20,25,27,33,35H,6,9,12,15-16H2,1-4H3,(H,31,37)(H,32,36)(H,39,40)/t19-,20+,25-,27-/m0/s1. The highest BCUT2D eigenvalue weighted by molar-refractivity contribution is 5.92. The van der Waals surface area contributed by atoms with Crippen LogP contribution in [0, 0.1) is 5.92 Å². The molecule has 1 aliphatic heterocycles. The predicted octanol–water partition coefficient (Wildman–Crippen LogP) is 2.57. The molecule has 10 heteroatoms. The van der Waals surface area contributed by atoms with E-state index in [1.165, 1.54) is 11.9 Å². The molecule has 0 radical (unpaired) electrons. The molecule has 0 unspecified atom stereocenters. The molecule has 4 atom stereocenters. The molecule has 2 aromatic carbocycles. The topological polar surface area (TPSA) is 148 Å². The summed E-state index contributed by atoms with van der Waals surface area (Å²) in [6.45, 7) is 7.24. The molecule has 0 saturated carbocycles. The van der Waals surface area contributed by atoms with Crippen molar-refractivity contribution in [3.63, 3.8) is 0 Å². The van der Waals surface area contributed by atoms with Gasteiger partial charge in [-0.3, -0.25) is 24.2 Å². The highest BCUT2D eigenvalue weighted by Crippen LogP contribution is 2.24. The van der Waals surface area contributed by atoms with E-state index in [1.54, 1.807) is 6.92 Å². The van der Waals surface area contributed by atoms with Gasteiger partial charge in [-0.15, -0.1) is 0 Å². The van der Waals surface area contributed by atoms with Crippen molar-refractivity contribution in [3.05, 3.63) is 59.7 Å². The molecule has 3 rings (SSSR count). The molecule has 10 nitrogen and oxygen atoms in total. The molecule has 216 valence electrons. The summed E-state index contributed by atoms with van der Waals surface area (Å²) in [7, 11) is 0. The van der Waals surface area contributed by atoms with E-state index in [9.17, 15) is 29.4 Å². The van der Waals surface area contributed by atoms with Crippen LogP contribution in [0.5, 0.6) is 0 Å². The third kappa shape index (κ3) is 8.37. The third-order valence-electron chi connectivity index (χ3n) is 7.04. The fraction of sp³-hybridized carbons (Fsp3) is 0.467. The van der Waals surface area contributed by atoms with Crippen LogP contribution in [0.1, 0.15) is 64.2 Å². The number of nitrogens with zero attached hydrogens (tertiary/aromatic N) is 1. The number of aliphatic hydroxyl groups is 1. The Morgan fingerprint density at radius 2 is 1.70 bits per heavy atom. The third-order valence-corrected chi connectivity index (χ3v) is 7.04. The van der Waals surface area contributed by atoms with Crippen molar-refractivity contribution < 1.29 is 29.4 Å². The number of amides is 3. The number of hydrogen-bond donors (Lipinski definition) is 5. The number of rotatable bonds is 11. The lowest BCUT2D eigenvalue weighted by Gasteiger charge is -2.34. The second-order valence-electron chi connectivity index (χ2n) is 10.7. The number of hydrogen-bond acceptors (Lipinski definition) is 6. The van der Waals surface area contributed by atoms with Crippen LogP contribution in [0.2, 0.25) is 0 Å². The normalized spacial score (nSPS) is 17.6. The Hall–Kier alpha value is -3.76. The number of carboxylic acids is 1. The van der Waals surface area contributed by atoms with Crippen molar-refractivity contribution >= 4 is 23.7 Å². The number of aryl methyl sites for hydroxylation is 1. The smallest absolute Gasteiger partial charge is 0.322 e. The molecular weight excluding hydrogens is 512 g/mol. The summed E-state index contributed by atoms with van der Waals surface area (Å²) in [5, 5.41) is 25.8. The van der Waals surface area contributed by atoms with Gasteiger partial charge in [-0.1, -0.05) is 56.3 Å². The summed E-state index contributed by atoms with van der Waals surface area (Å²) < 4.78 is 0. The lowest BCUT2D eigenvalue weighted by Crippen LogP contribution is -2.60. The molecule has 0 aliphatic carbocycles. The van der Waals surface area contributed by atoms with Crippen LogP contribution in [-0.2, 0) is 25.6 Å². The minimum atomic E-state index is -1.03. The minimum absolute atomic E-state index is 0.191. The zero-order valence-corrected chi connectivity index (χ0v) is 23.5. The lowest BCUT2D eigenvalue weighted by molar-refractivity contribution is -0.148. The fourth-order valence-corrected chi connectivity index (χ4v) is 4.60. The molecule has 1 aliphatic rings. The van der Waals surface area contributed by atoms with E-state index >= 15 is 0 Å². The zero-order valence-electron chi connectivity index (χ0n) is 23.5. The van der Waals surface area contributed by atoms with Crippen molar-refractivity contribution in [2.24, 2.45) is 5.92 Å². The van der Waals surface area contributed by atoms with E-state index in [0.29, 0.717) is 25.8 Å². The maximum atomic E-state index is 13.0. The predicted molar refractivity (Wildman–Crippen MR) is 151 cm³/mol. The van der Waals surface area contributed by atoms with Gasteiger partial charge in [-0.25, -0.2) is 5.43 Å². The number of carbonyl (C=O) groups excluding carboxylic acids is 3. The van der Waals surface area contributed by atoms with Gasteiger partial charge < -0.3 is 20.8 Å². The molecular formula is C30H40N4O6. The number of nitrogens with one attached hydrogen (secondary N) is 3. The number of hydrazine groups is 1. The lowest BCUT2D eigenvalue weighted by atomic mass is 9.99. The molecule has 40 heavy (non-hydrogen) atoms. The van der Waals surface area contributed by atoms with Crippen molar-refractivity contribution in [2.75, 3.05) is 6.54 Å². The number of carboxylic acid groups (broad SMARTS) is 1. The number of aliphatic hydroxyl groups excluding tert-OH is 1. The van der Waals surface area contributed by atoms with Crippen LogP contribution in [0.15, 0.2) is 48.5 Å². The van der Waals surface area contributed by atoms with Crippen LogP contribution in [-0.4, -0.2) is 63.6 Å². The van der Waals surface area contributed by atoms with Crippen molar-refractivity contribution in [1.82, 2.24) is 21.1 Å². The Morgan fingerprint density at radius 1 is 1.00 bits per heavy atom. The highest BCUT2D eigenvalue weighted by Gasteiger charge is 2.32. The molecule has 0 aromatic heterocycles. The summed E-state index contributed by atoms with van der Waals surface area (Å²) in [6, 6.07) is 13.0. The zero-order chi connectivity index (χ0) is 29.4. The Labute approximate surface area is 235 Å². The van der Waals surface area contributed by atoms with Crippen molar-refractivity contribution in [2.45, 2.75) is 77.6 Å². The Morgan fingerprint density at radius 3 is 2.33 bits per heavy atom. The van der Waals surface area contributed by atoms with Gasteiger partial charge in [0, 0.05) is 13.0 Å². The van der Waals surface area contributed by atoms with Crippen LogP contribution in [0.3, 0.4) is 0 Å². The van der Waals surface area contributed by atoms with Crippen LogP contribution >= 0.6 is 0 Å². The maximum Gasteiger partial charge on any atom is 0.322 e. The summed E-state index contributed by atoms with van der Waals surface area (Å²) in [4.78, 5) is 49.8. The van der Waals surface area contributed by atoms with Gasteiger partial charge in [0.1, 0.15) is 18.1 Å². The molecule has 1 heterocycles. The largest absolute Gasteiger partial charge is 0.480 e. The molecule has 0 spiro atoms. The molecule has 1 fully saturated rings. The molecule has 3 amide bonds. The summed E-state index contributed by atoms with van der Waals surface area (Å²) >= 11 is 0. The summed E-state index contributed by atoms with van der Waals surface area (Å²) in [5.41, 5.74) is 6.52. The first-order valence-corrected chi connectivity index (χ1v) is 13.7. The first-order chi connectivity index (χ1) is 19.0. The minimum Gasteiger partial charge on any atom is -0.480 e. The average molecular weight is 553 g/mol. The van der Waals surface area contributed by atoms with Gasteiger partial charge in [0.25, 0.3) is 5.91 Å². The monoisotopic (exact) mass is 552 g/mol. The molecule has 2 aromatic rings. The molecule has 0 bridgehead atoms. The quantitative estimate of drug-likeness (QED) is 0.288. The number of benzene rings is 2. The van der Waals surface area contributed by atoms with Gasteiger partial charge in [0.15, 0.2) is 0 Å². The van der Waals surface area contributed by atoms with Gasteiger partial charge in [0.05, 0.1) is 6.10 Å². The molecule has 1 saturated heterocycles. The van der Waals surface area contributed by atoms with Gasteiger partial charge in [-0.2, -0.15) is 0 Å². The Balaban J connectivity index is 1.52.